The van der Waals surface area contributed by atoms with E-state index in [4.69, 9.17) is 9.47 Å². The second-order valence-corrected chi connectivity index (χ2v) is 6.78. The minimum absolute atomic E-state index is 0.216. The zero-order valence-electron chi connectivity index (χ0n) is 13.7. The Morgan fingerprint density at radius 2 is 2.08 bits per heavy atom. The predicted molar refractivity (Wildman–Crippen MR) is 103 cm³/mol. The van der Waals surface area contributed by atoms with Gasteiger partial charge in [-0.05, 0) is 35.7 Å². The van der Waals surface area contributed by atoms with E-state index in [-0.39, 0.29) is 5.91 Å². The second-order valence-electron chi connectivity index (χ2n) is 4.94. The number of carbonyl (C=O) groups excluding carboxylic acids is 1. The first-order chi connectivity index (χ1) is 12.2. The van der Waals surface area contributed by atoms with Crippen LogP contribution in [-0.4, -0.2) is 25.1 Å². The van der Waals surface area contributed by atoms with Gasteiger partial charge in [-0.3, -0.25) is 10.1 Å². The summed E-state index contributed by atoms with van der Waals surface area (Å²) in [5.74, 6) is 1.20. The average Bonchev–Trinajstić information content (AvgIpc) is 3.31. The Bertz CT molecular complexity index is 886. The van der Waals surface area contributed by atoms with Gasteiger partial charge in [0.1, 0.15) is 11.5 Å². The molecule has 0 spiro atoms. The van der Waals surface area contributed by atoms with Gasteiger partial charge in [0.25, 0.3) is 0 Å². The number of amides is 1. The molecular weight excluding hydrogens is 356 g/mol. The second kappa shape index (κ2) is 7.96. The van der Waals surface area contributed by atoms with Gasteiger partial charge in [0.15, 0.2) is 5.13 Å². The third kappa shape index (κ3) is 4.26. The van der Waals surface area contributed by atoms with E-state index in [2.05, 4.69) is 10.3 Å². The summed E-state index contributed by atoms with van der Waals surface area (Å²) in [5.41, 5.74) is 1.53. The van der Waals surface area contributed by atoms with E-state index in [1.165, 1.54) is 17.4 Å². The highest BCUT2D eigenvalue weighted by Crippen LogP contribution is 2.35. The number of nitrogens with one attached hydrogen (secondary N) is 1. The lowest BCUT2D eigenvalue weighted by Gasteiger charge is -2.08. The summed E-state index contributed by atoms with van der Waals surface area (Å²) in [4.78, 5) is 17.5. The van der Waals surface area contributed by atoms with Gasteiger partial charge in [0.2, 0.25) is 5.91 Å². The zero-order chi connectivity index (χ0) is 17.6. The summed E-state index contributed by atoms with van der Waals surface area (Å²) in [6.45, 7) is 0. The fourth-order valence-corrected chi connectivity index (χ4v) is 3.49. The lowest BCUT2D eigenvalue weighted by molar-refractivity contribution is -0.111. The van der Waals surface area contributed by atoms with Crippen LogP contribution in [0.2, 0.25) is 0 Å². The number of rotatable bonds is 6. The van der Waals surface area contributed by atoms with Gasteiger partial charge in [0.05, 0.1) is 19.9 Å². The highest BCUT2D eigenvalue weighted by Gasteiger charge is 2.12. The highest BCUT2D eigenvalue weighted by atomic mass is 32.1. The Morgan fingerprint density at radius 3 is 2.80 bits per heavy atom. The maximum absolute atomic E-state index is 12.0. The Kier molecular flexibility index (Phi) is 5.47. The topological polar surface area (TPSA) is 60.5 Å². The number of hydrogen-bond donors (Lipinski definition) is 1. The molecule has 1 aromatic carbocycles. The number of methoxy groups -OCH3 is 2. The number of thiophene rings is 1. The molecule has 0 saturated heterocycles. The van der Waals surface area contributed by atoms with Crippen molar-refractivity contribution in [1.29, 1.82) is 0 Å². The number of hydrogen-bond acceptors (Lipinski definition) is 6. The molecule has 7 heteroatoms. The van der Waals surface area contributed by atoms with Crippen LogP contribution in [0.15, 0.2) is 47.2 Å². The van der Waals surface area contributed by atoms with Gasteiger partial charge >= 0.3 is 0 Å². The number of carbonyl (C=O) groups is 1. The van der Waals surface area contributed by atoms with Crippen molar-refractivity contribution in [2.75, 3.05) is 19.5 Å². The third-order valence-corrected chi connectivity index (χ3v) is 4.95. The minimum atomic E-state index is -0.216. The van der Waals surface area contributed by atoms with E-state index in [0.29, 0.717) is 16.6 Å². The summed E-state index contributed by atoms with van der Waals surface area (Å²) >= 11 is 2.93. The van der Waals surface area contributed by atoms with Crippen molar-refractivity contribution in [3.63, 3.8) is 0 Å². The number of nitrogens with zero attached hydrogens (tertiary/aromatic N) is 1. The highest BCUT2D eigenvalue weighted by molar-refractivity contribution is 7.14. The summed E-state index contributed by atoms with van der Waals surface area (Å²) in [6.07, 6.45) is 3.28. The smallest absolute Gasteiger partial charge is 0.250 e. The fourth-order valence-electron chi connectivity index (χ4n) is 2.16. The molecule has 128 valence electrons. The SMILES string of the molecule is COc1ccc(OC)c(-c2csc(NC(=O)/C=C/c3cccs3)n2)c1. The fraction of sp³-hybridized carbons (Fsp3) is 0.111. The van der Waals surface area contributed by atoms with Gasteiger partial charge < -0.3 is 9.47 Å². The van der Waals surface area contributed by atoms with Crippen LogP contribution in [0.1, 0.15) is 4.88 Å². The van der Waals surface area contributed by atoms with Crippen LogP contribution in [0.25, 0.3) is 17.3 Å². The molecule has 0 unspecified atom stereocenters. The van der Waals surface area contributed by atoms with Crippen molar-refractivity contribution in [2.24, 2.45) is 0 Å². The summed E-state index contributed by atoms with van der Waals surface area (Å²) < 4.78 is 10.6. The lowest BCUT2D eigenvalue weighted by Crippen LogP contribution is -2.07. The van der Waals surface area contributed by atoms with Crippen LogP contribution in [0.5, 0.6) is 11.5 Å². The van der Waals surface area contributed by atoms with Crippen molar-refractivity contribution in [1.82, 2.24) is 4.98 Å². The molecule has 0 aliphatic rings. The molecular formula is C18H16N2O3S2. The number of anilines is 1. The molecule has 1 N–H and O–H groups in total. The average molecular weight is 372 g/mol. The molecule has 0 aliphatic carbocycles. The molecule has 0 aliphatic heterocycles. The Labute approximate surface area is 153 Å². The van der Waals surface area contributed by atoms with Crippen molar-refractivity contribution in [2.45, 2.75) is 0 Å². The van der Waals surface area contributed by atoms with Gasteiger partial charge in [-0.15, -0.1) is 22.7 Å². The zero-order valence-corrected chi connectivity index (χ0v) is 15.3. The lowest BCUT2D eigenvalue weighted by atomic mass is 10.1. The molecule has 3 rings (SSSR count). The van der Waals surface area contributed by atoms with E-state index in [0.717, 1.165) is 16.1 Å². The predicted octanol–water partition coefficient (Wildman–Crippen LogP) is 4.54. The van der Waals surface area contributed by atoms with Crippen molar-refractivity contribution < 1.29 is 14.3 Å². The number of benzene rings is 1. The standard InChI is InChI=1S/C18H16N2O3S2/c1-22-12-5-7-16(23-2)14(10-12)15-11-25-18(19-15)20-17(21)8-6-13-4-3-9-24-13/h3-11H,1-2H3,(H,19,20,21)/b8-6+. The van der Waals surface area contributed by atoms with Crippen LogP contribution in [0, 0.1) is 0 Å². The normalized spacial score (nSPS) is 10.8. The van der Waals surface area contributed by atoms with Crippen LogP contribution in [0.3, 0.4) is 0 Å². The van der Waals surface area contributed by atoms with Crippen LogP contribution in [-0.2, 0) is 4.79 Å². The first kappa shape index (κ1) is 17.2. The Hall–Kier alpha value is -2.64. The number of aromatic nitrogens is 1. The molecule has 0 atom stereocenters. The summed E-state index contributed by atoms with van der Waals surface area (Å²) in [5, 5.41) is 7.14. The molecule has 25 heavy (non-hydrogen) atoms. The molecule has 0 fully saturated rings. The molecule has 5 nitrogen and oxygen atoms in total. The van der Waals surface area contributed by atoms with Crippen LogP contribution in [0.4, 0.5) is 5.13 Å². The van der Waals surface area contributed by atoms with Crippen LogP contribution >= 0.6 is 22.7 Å². The van der Waals surface area contributed by atoms with E-state index < -0.39 is 0 Å². The van der Waals surface area contributed by atoms with Crippen molar-refractivity contribution >= 4 is 39.8 Å². The largest absolute Gasteiger partial charge is 0.497 e. The van der Waals surface area contributed by atoms with Crippen molar-refractivity contribution in [3.05, 3.63) is 52.0 Å². The molecule has 3 aromatic rings. The van der Waals surface area contributed by atoms with Gasteiger partial charge in [-0.1, -0.05) is 6.07 Å². The van der Waals surface area contributed by atoms with E-state index in [1.54, 1.807) is 31.6 Å². The summed E-state index contributed by atoms with van der Waals surface area (Å²) in [7, 11) is 3.22. The van der Waals surface area contributed by atoms with Gasteiger partial charge in [-0.2, -0.15) is 0 Å². The van der Waals surface area contributed by atoms with Crippen LogP contribution < -0.4 is 14.8 Å². The molecule has 2 heterocycles. The first-order valence-corrected chi connectivity index (χ1v) is 9.16. The first-order valence-electron chi connectivity index (χ1n) is 7.40. The maximum Gasteiger partial charge on any atom is 0.250 e. The third-order valence-electron chi connectivity index (χ3n) is 3.36. The van der Waals surface area contributed by atoms with E-state index in [1.807, 2.05) is 41.1 Å². The molecule has 0 bridgehead atoms. The molecule has 1 amide bonds. The van der Waals surface area contributed by atoms with Gasteiger partial charge in [0, 0.05) is 21.9 Å². The minimum Gasteiger partial charge on any atom is -0.497 e. The Balaban J connectivity index is 1.75. The molecule has 0 saturated carbocycles. The number of ether oxygens (including phenoxy) is 2. The summed E-state index contributed by atoms with van der Waals surface area (Å²) in [6, 6.07) is 9.40. The van der Waals surface area contributed by atoms with Crippen molar-refractivity contribution in [3.8, 4) is 22.8 Å². The van der Waals surface area contributed by atoms with E-state index in [9.17, 15) is 4.79 Å². The molecule has 2 aromatic heterocycles. The monoisotopic (exact) mass is 372 g/mol. The quantitative estimate of drug-likeness (QED) is 0.645. The molecule has 0 radical (unpaired) electrons. The van der Waals surface area contributed by atoms with E-state index >= 15 is 0 Å². The maximum atomic E-state index is 12.0. The van der Waals surface area contributed by atoms with Gasteiger partial charge in [-0.25, -0.2) is 4.98 Å². The Morgan fingerprint density at radius 1 is 1.20 bits per heavy atom. The number of thiazole rings is 1.